The van der Waals surface area contributed by atoms with Crippen molar-refractivity contribution in [2.24, 2.45) is 11.7 Å². The van der Waals surface area contributed by atoms with Crippen molar-refractivity contribution < 1.29 is 0 Å². The highest BCUT2D eigenvalue weighted by Gasteiger charge is 2.19. The van der Waals surface area contributed by atoms with Gasteiger partial charge in [-0.1, -0.05) is 20.3 Å². The molecule has 0 atom stereocenters. The highest BCUT2D eigenvalue weighted by molar-refractivity contribution is 4.76. The maximum atomic E-state index is 5.93. The molecule has 0 spiro atoms. The third-order valence-electron chi connectivity index (χ3n) is 3.68. The fourth-order valence-corrected chi connectivity index (χ4v) is 2.50. The Labute approximate surface area is 95.2 Å². The zero-order valence-electron chi connectivity index (χ0n) is 10.5. The molecule has 0 aromatic heterocycles. The van der Waals surface area contributed by atoms with Gasteiger partial charge in [0.2, 0.25) is 0 Å². The van der Waals surface area contributed by atoms with E-state index < -0.39 is 0 Å². The molecule has 1 saturated carbocycles. The van der Waals surface area contributed by atoms with Crippen LogP contribution in [0, 0.1) is 5.92 Å². The Balaban J connectivity index is 2.19. The van der Waals surface area contributed by atoms with E-state index in [-0.39, 0.29) is 0 Å². The molecule has 2 nitrogen and oxygen atoms in total. The first kappa shape index (κ1) is 13.0. The zero-order valence-corrected chi connectivity index (χ0v) is 10.5. The minimum absolute atomic E-state index is 0.493. The minimum atomic E-state index is 0.493. The molecule has 0 unspecified atom stereocenters. The second-order valence-electron chi connectivity index (χ2n) is 5.03. The van der Waals surface area contributed by atoms with Gasteiger partial charge < -0.3 is 10.6 Å². The van der Waals surface area contributed by atoms with E-state index in [1.54, 1.807) is 0 Å². The van der Waals surface area contributed by atoms with E-state index in [4.69, 9.17) is 5.73 Å². The van der Waals surface area contributed by atoms with E-state index >= 15 is 0 Å². The fraction of sp³-hybridized carbons (Fsp3) is 1.00. The minimum Gasteiger partial charge on any atom is -0.328 e. The Morgan fingerprint density at radius 2 is 1.80 bits per heavy atom. The summed E-state index contributed by atoms with van der Waals surface area (Å²) < 4.78 is 0. The molecule has 1 fully saturated rings. The Hall–Kier alpha value is -0.0800. The van der Waals surface area contributed by atoms with Crippen LogP contribution in [0.3, 0.4) is 0 Å². The summed E-state index contributed by atoms with van der Waals surface area (Å²) in [4.78, 5) is 2.62. The molecule has 0 aliphatic heterocycles. The molecular weight excluding hydrogens is 184 g/mol. The molecule has 1 aliphatic carbocycles. The van der Waals surface area contributed by atoms with E-state index in [9.17, 15) is 0 Å². The van der Waals surface area contributed by atoms with Crippen molar-refractivity contribution >= 4 is 0 Å². The van der Waals surface area contributed by atoms with Gasteiger partial charge in [0.05, 0.1) is 0 Å². The van der Waals surface area contributed by atoms with Gasteiger partial charge in [0.15, 0.2) is 0 Å². The van der Waals surface area contributed by atoms with Crippen LogP contribution in [0.15, 0.2) is 0 Å². The number of unbranched alkanes of at least 4 members (excludes halogenated alkanes) is 1. The third kappa shape index (κ3) is 4.98. The molecule has 0 amide bonds. The molecule has 0 bridgehead atoms. The van der Waals surface area contributed by atoms with Gasteiger partial charge in [-0.3, -0.25) is 0 Å². The lowest BCUT2D eigenvalue weighted by molar-refractivity contribution is 0.199. The number of hydrogen-bond acceptors (Lipinski definition) is 2. The predicted molar refractivity (Wildman–Crippen MR) is 67.0 cm³/mol. The molecule has 1 rings (SSSR count). The summed E-state index contributed by atoms with van der Waals surface area (Å²) in [6.45, 7) is 8.36. The fourth-order valence-electron chi connectivity index (χ4n) is 2.50. The topological polar surface area (TPSA) is 29.3 Å². The third-order valence-corrected chi connectivity index (χ3v) is 3.68. The summed E-state index contributed by atoms with van der Waals surface area (Å²) in [5.74, 6) is 0.918. The van der Waals surface area contributed by atoms with Crippen molar-refractivity contribution in [1.82, 2.24) is 4.90 Å². The summed E-state index contributed by atoms with van der Waals surface area (Å²) in [5, 5.41) is 0. The van der Waals surface area contributed by atoms with Gasteiger partial charge in [-0.2, -0.15) is 0 Å². The Kier molecular flexibility index (Phi) is 6.26. The van der Waals surface area contributed by atoms with Gasteiger partial charge in [0, 0.05) is 12.6 Å². The lowest BCUT2D eigenvalue weighted by Crippen LogP contribution is -2.34. The molecule has 0 heterocycles. The van der Waals surface area contributed by atoms with Crippen molar-refractivity contribution in [3.05, 3.63) is 0 Å². The number of rotatable bonds is 6. The van der Waals surface area contributed by atoms with E-state index in [1.165, 1.54) is 58.2 Å². The monoisotopic (exact) mass is 212 g/mol. The van der Waals surface area contributed by atoms with Crippen LogP contribution in [0.5, 0.6) is 0 Å². The molecule has 0 radical (unpaired) electrons. The molecule has 2 N–H and O–H groups in total. The molecule has 0 aromatic rings. The van der Waals surface area contributed by atoms with Crippen molar-refractivity contribution in [1.29, 1.82) is 0 Å². The lowest BCUT2D eigenvalue weighted by atomic mass is 9.86. The first-order chi connectivity index (χ1) is 7.26. The summed E-state index contributed by atoms with van der Waals surface area (Å²) >= 11 is 0. The number of nitrogens with two attached hydrogens (primary N) is 1. The van der Waals surface area contributed by atoms with Crippen LogP contribution in [0.2, 0.25) is 0 Å². The number of nitrogens with zero attached hydrogens (tertiary/aromatic N) is 1. The van der Waals surface area contributed by atoms with Gasteiger partial charge in [0.25, 0.3) is 0 Å². The Morgan fingerprint density at radius 1 is 1.13 bits per heavy atom. The van der Waals surface area contributed by atoms with Crippen molar-refractivity contribution in [3.63, 3.8) is 0 Å². The summed E-state index contributed by atoms with van der Waals surface area (Å²) in [6.07, 6.45) is 7.85. The van der Waals surface area contributed by atoms with Gasteiger partial charge in [-0.15, -0.1) is 0 Å². The number of hydrogen-bond donors (Lipinski definition) is 1. The highest BCUT2D eigenvalue weighted by atomic mass is 15.1. The first-order valence-electron chi connectivity index (χ1n) is 6.74. The van der Waals surface area contributed by atoms with E-state index in [1.807, 2.05) is 0 Å². The van der Waals surface area contributed by atoms with Gasteiger partial charge in [0.1, 0.15) is 0 Å². The standard InChI is InChI=1S/C13H28N2/c1-3-5-10-15(4-2)11-12-6-8-13(14)9-7-12/h12-13H,3-11,14H2,1-2H3. The van der Waals surface area contributed by atoms with Crippen LogP contribution in [0.1, 0.15) is 52.4 Å². The van der Waals surface area contributed by atoms with Crippen LogP contribution >= 0.6 is 0 Å². The van der Waals surface area contributed by atoms with E-state index in [0.29, 0.717) is 6.04 Å². The molecular formula is C13H28N2. The predicted octanol–water partition coefficient (Wildman–Crippen LogP) is 2.63. The molecule has 1 aliphatic rings. The molecule has 0 saturated heterocycles. The SMILES string of the molecule is CCCCN(CC)CC1CCC(N)CC1. The smallest absolute Gasteiger partial charge is 0.00390 e. The quantitative estimate of drug-likeness (QED) is 0.733. The van der Waals surface area contributed by atoms with Crippen LogP contribution in [-0.2, 0) is 0 Å². The van der Waals surface area contributed by atoms with Crippen molar-refractivity contribution in [3.8, 4) is 0 Å². The van der Waals surface area contributed by atoms with Crippen molar-refractivity contribution in [2.75, 3.05) is 19.6 Å². The second kappa shape index (κ2) is 7.24. The Bertz CT molecular complexity index is 148. The van der Waals surface area contributed by atoms with Gasteiger partial charge >= 0.3 is 0 Å². The van der Waals surface area contributed by atoms with Crippen LogP contribution in [0.25, 0.3) is 0 Å². The lowest BCUT2D eigenvalue weighted by Gasteiger charge is -2.31. The van der Waals surface area contributed by atoms with Crippen LogP contribution < -0.4 is 5.73 Å². The summed E-state index contributed by atoms with van der Waals surface area (Å²) in [5.41, 5.74) is 5.93. The second-order valence-corrected chi connectivity index (χ2v) is 5.03. The zero-order chi connectivity index (χ0) is 11.1. The maximum Gasteiger partial charge on any atom is 0.00390 e. The van der Waals surface area contributed by atoms with Crippen LogP contribution in [0.4, 0.5) is 0 Å². The summed E-state index contributed by atoms with van der Waals surface area (Å²) in [6, 6.07) is 0.493. The highest BCUT2D eigenvalue weighted by Crippen LogP contribution is 2.23. The first-order valence-corrected chi connectivity index (χ1v) is 6.74. The summed E-state index contributed by atoms with van der Waals surface area (Å²) in [7, 11) is 0. The van der Waals surface area contributed by atoms with Crippen LogP contribution in [-0.4, -0.2) is 30.6 Å². The normalized spacial score (nSPS) is 27.2. The van der Waals surface area contributed by atoms with E-state index in [2.05, 4.69) is 18.7 Å². The largest absolute Gasteiger partial charge is 0.328 e. The molecule has 0 aromatic carbocycles. The molecule has 2 heteroatoms. The molecule has 90 valence electrons. The van der Waals surface area contributed by atoms with Gasteiger partial charge in [-0.05, 0) is 51.1 Å². The van der Waals surface area contributed by atoms with E-state index in [0.717, 1.165) is 5.92 Å². The van der Waals surface area contributed by atoms with Crippen molar-refractivity contribution in [2.45, 2.75) is 58.4 Å². The Morgan fingerprint density at radius 3 is 2.33 bits per heavy atom. The maximum absolute atomic E-state index is 5.93. The average Bonchev–Trinajstić information content (AvgIpc) is 2.27. The molecule has 15 heavy (non-hydrogen) atoms. The van der Waals surface area contributed by atoms with Gasteiger partial charge in [-0.25, -0.2) is 0 Å². The average molecular weight is 212 g/mol.